The van der Waals surface area contributed by atoms with Gasteiger partial charge in [-0.25, -0.2) is 47.9 Å². The monoisotopic (exact) mass is 976 g/mol. The van der Waals surface area contributed by atoms with Gasteiger partial charge in [-0.2, -0.15) is 0 Å². The molecule has 10 unspecified atom stereocenters. The molecule has 68 heavy (non-hydrogen) atoms. The average molecular weight is 977 g/mol. The van der Waals surface area contributed by atoms with Crippen molar-refractivity contribution in [1.29, 1.82) is 0 Å². The topological polar surface area (TPSA) is 283 Å². The van der Waals surface area contributed by atoms with E-state index >= 15 is 0 Å². The molecule has 374 valence electrons. The van der Waals surface area contributed by atoms with Crippen LogP contribution in [0.1, 0.15) is 90.0 Å². The second kappa shape index (κ2) is 25.5. The van der Waals surface area contributed by atoms with E-state index < -0.39 is 134 Å². The van der Waals surface area contributed by atoms with Crippen LogP contribution < -0.4 is 10.4 Å². The van der Waals surface area contributed by atoms with Gasteiger partial charge in [-0.1, -0.05) is 81.4 Å². The molecule has 2 aromatic rings. The van der Waals surface area contributed by atoms with Gasteiger partial charge in [0.05, 0.1) is 0 Å². The maximum absolute atomic E-state index is 13.4. The number of carboxylic acids is 1. The largest absolute Gasteiger partial charge is 0.479 e. The van der Waals surface area contributed by atoms with Gasteiger partial charge in [0.1, 0.15) is 6.10 Å². The summed E-state index contributed by atoms with van der Waals surface area (Å²) in [7, 11) is -3.18. The highest BCUT2D eigenvalue weighted by molar-refractivity contribution is 6.99. The Labute approximate surface area is 394 Å². The van der Waals surface area contributed by atoms with Crippen molar-refractivity contribution in [2.24, 2.45) is 0 Å². The quantitative estimate of drug-likeness (QED) is 0.0950. The Morgan fingerprint density at radius 1 is 0.353 bits per heavy atom. The zero-order valence-electron chi connectivity index (χ0n) is 40.2. The van der Waals surface area contributed by atoms with Crippen LogP contribution in [-0.2, 0) is 95.0 Å². The van der Waals surface area contributed by atoms with Gasteiger partial charge in [0.2, 0.25) is 0 Å². The third-order valence-corrected chi connectivity index (χ3v) is 14.9. The van der Waals surface area contributed by atoms with E-state index in [1.807, 2.05) is 81.4 Å². The molecule has 2 rings (SSSR count). The molecule has 0 saturated carbocycles. The summed E-state index contributed by atoms with van der Waals surface area (Å²) in [6.45, 7) is 17.6. The summed E-state index contributed by atoms with van der Waals surface area (Å²) in [5, 5.41) is 10.2. The minimum Gasteiger partial charge on any atom is -0.479 e. The summed E-state index contributed by atoms with van der Waals surface area (Å²) < 4.78 is 51.6. The van der Waals surface area contributed by atoms with Gasteiger partial charge < -0.3 is 52.2 Å². The van der Waals surface area contributed by atoms with Crippen LogP contribution >= 0.6 is 0 Å². The van der Waals surface area contributed by atoms with E-state index in [0.29, 0.717) is 0 Å². The first-order valence-corrected chi connectivity index (χ1v) is 23.3. The van der Waals surface area contributed by atoms with Crippen LogP contribution in [0.5, 0.6) is 0 Å². The molecule has 0 spiro atoms. The number of carboxylic acid groups (broad SMARTS) is 1. The van der Waals surface area contributed by atoms with E-state index in [-0.39, 0.29) is 0 Å². The molecule has 0 saturated heterocycles. The van der Waals surface area contributed by atoms with Crippen LogP contribution in [0.3, 0.4) is 0 Å². The molecule has 21 nitrogen and oxygen atoms in total. The first-order valence-electron chi connectivity index (χ1n) is 21.4. The summed E-state index contributed by atoms with van der Waals surface area (Å²) in [6.07, 6.45) is -15.6. The van der Waals surface area contributed by atoms with E-state index in [2.05, 4.69) is 4.74 Å². The fraction of sp³-hybridized carbons (Fsp3) is 0.522. The van der Waals surface area contributed by atoms with Crippen LogP contribution in [-0.4, -0.2) is 134 Å². The van der Waals surface area contributed by atoms with Crippen molar-refractivity contribution < 1.29 is 100 Å². The van der Waals surface area contributed by atoms with Crippen LogP contribution in [0, 0.1) is 0 Å². The van der Waals surface area contributed by atoms with Crippen LogP contribution in [0.25, 0.3) is 0 Å². The van der Waals surface area contributed by atoms with Gasteiger partial charge in [0.15, 0.2) is 54.9 Å². The van der Waals surface area contributed by atoms with Crippen molar-refractivity contribution >= 4 is 78.4 Å². The lowest BCUT2D eigenvalue weighted by Crippen LogP contribution is -2.68. The molecule has 0 aliphatic rings. The molecule has 0 aliphatic carbocycles. The summed E-state index contributed by atoms with van der Waals surface area (Å²) >= 11 is 0. The first kappa shape index (κ1) is 57.4. The van der Waals surface area contributed by atoms with Gasteiger partial charge in [-0.05, 0) is 84.6 Å². The average Bonchev–Trinajstić information content (AvgIpc) is 3.27. The Balaban J connectivity index is 1.88. The van der Waals surface area contributed by atoms with Gasteiger partial charge in [0.25, 0.3) is 8.32 Å². The molecule has 1 N–H and O–H groups in total. The van der Waals surface area contributed by atoms with Gasteiger partial charge in [-0.3, -0.25) is 0 Å². The molecule has 22 heteroatoms. The second-order valence-corrected chi connectivity index (χ2v) is 20.7. The SMILES string of the molecule is CC(OC(=O)C(C)OC(=O)C(C)OC(=O)C(C)OC(=O)C(C)OC(=O)C(C)OC(=O)C(C)OC(=O)C(C)OC(=O)C(C)OC(=O)C(C)O[Si](c1ccccc1)(c1ccccc1)C(C)(C)C)C(=O)O. The Bertz CT molecular complexity index is 2080. The van der Waals surface area contributed by atoms with Crippen molar-refractivity contribution in [3.05, 3.63) is 60.7 Å². The fourth-order valence-electron chi connectivity index (χ4n) is 5.87. The Morgan fingerprint density at radius 3 is 0.735 bits per heavy atom. The molecule has 0 heterocycles. The number of hydrogen-bond donors (Lipinski definition) is 1. The number of carbonyl (C=O) groups is 10. The molecule has 10 atom stereocenters. The Morgan fingerprint density at radius 2 is 0.544 bits per heavy atom. The maximum atomic E-state index is 13.4. The van der Waals surface area contributed by atoms with E-state index in [4.69, 9.17) is 47.4 Å². The van der Waals surface area contributed by atoms with E-state index in [1.165, 1.54) is 13.8 Å². The minimum absolute atomic E-state index is 0.467. The molecular formula is C46H60O21Si. The fourth-order valence-corrected chi connectivity index (χ4v) is 10.5. The standard InChI is InChI=1S/C46H60O21Si/c1-24(36(47)48)58-37(49)25(2)59-38(50)26(3)60-39(51)27(4)61-40(52)28(5)62-41(53)29(6)63-42(54)30(7)64-43(55)31(8)65-44(56)32(9)66-45(57)33(10)67-68(46(11,12)13,34-20-16-14-17-21-34)35-22-18-15-19-23-35/h14-33H,1-13H3,(H,47,48). The van der Waals surface area contributed by atoms with Gasteiger partial charge >= 0.3 is 59.7 Å². The molecule has 0 fully saturated rings. The predicted molar refractivity (Wildman–Crippen MR) is 236 cm³/mol. The highest BCUT2D eigenvalue weighted by atomic mass is 28.4. The summed E-state index contributed by atoms with van der Waals surface area (Å²) in [4.78, 5) is 125. The Hall–Kier alpha value is -6.68. The predicted octanol–water partition coefficient (Wildman–Crippen LogP) is 2.42. The number of aliphatic carboxylic acids is 1. The molecule has 0 aromatic heterocycles. The number of ether oxygens (including phenoxy) is 9. The molecule has 0 amide bonds. The lowest BCUT2D eigenvalue weighted by Gasteiger charge is -2.44. The third kappa shape index (κ3) is 16.3. The van der Waals surface area contributed by atoms with Crippen LogP contribution in [0.4, 0.5) is 0 Å². The number of rotatable bonds is 23. The van der Waals surface area contributed by atoms with Gasteiger partial charge in [-0.15, -0.1) is 0 Å². The smallest absolute Gasteiger partial charge is 0.347 e. The normalized spacial score (nSPS) is 15.8. The molecule has 0 bridgehead atoms. The zero-order valence-corrected chi connectivity index (χ0v) is 41.2. The molecule has 2 aromatic carbocycles. The van der Waals surface area contributed by atoms with Crippen molar-refractivity contribution in [3.63, 3.8) is 0 Å². The van der Waals surface area contributed by atoms with E-state index in [1.54, 1.807) is 0 Å². The van der Waals surface area contributed by atoms with Gasteiger partial charge in [0, 0.05) is 0 Å². The summed E-state index contributed by atoms with van der Waals surface area (Å²) in [6, 6.07) is 19.1. The zero-order chi connectivity index (χ0) is 51.8. The van der Waals surface area contributed by atoms with E-state index in [0.717, 1.165) is 65.8 Å². The third-order valence-electron chi connectivity index (χ3n) is 9.74. The lowest BCUT2D eigenvalue weighted by molar-refractivity contribution is -0.189. The summed E-state index contributed by atoms with van der Waals surface area (Å²) in [5.74, 6) is -12.0. The Kier molecular flexibility index (Phi) is 21.5. The highest BCUT2D eigenvalue weighted by Crippen LogP contribution is 2.37. The van der Waals surface area contributed by atoms with Crippen molar-refractivity contribution in [3.8, 4) is 0 Å². The molecular weight excluding hydrogens is 917 g/mol. The molecule has 0 aliphatic heterocycles. The number of esters is 9. The molecule has 0 radical (unpaired) electrons. The highest BCUT2D eigenvalue weighted by Gasteiger charge is 2.52. The second-order valence-electron chi connectivity index (χ2n) is 16.5. The van der Waals surface area contributed by atoms with E-state index in [9.17, 15) is 47.9 Å². The van der Waals surface area contributed by atoms with Crippen LogP contribution in [0.2, 0.25) is 5.04 Å². The minimum atomic E-state index is -3.18. The number of carbonyl (C=O) groups excluding carboxylic acids is 9. The summed E-state index contributed by atoms with van der Waals surface area (Å²) in [5.41, 5.74) is 0. The maximum Gasteiger partial charge on any atom is 0.347 e. The lowest BCUT2D eigenvalue weighted by atomic mass is 10.2. The first-order chi connectivity index (χ1) is 31.5. The number of benzene rings is 2. The van der Waals surface area contributed by atoms with Crippen molar-refractivity contribution in [1.82, 2.24) is 0 Å². The van der Waals surface area contributed by atoms with Crippen LogP contribution in [0.15, 0.2) is 60.7 Å². The van der Waals surface area contributed by atoms with Crippen molar-refractivity contribution in [2.45, 2.75) is 156 Å². The van der Waals surface area contributed by atoms with Crippen molar-refractivity contribution in [2.75, 3.05) is 0 Å². The number of hydrogen-bond acceptors (Lipinski definition) is 20.